The lowest BCUT2D eigenvalue weighted by atomic mass is 9.70. The zero-order chi connectivity index (χ0) is 20.0. The molecule has 29 heavy (non-hydrogen) atoms. The van der Waals surface area contributed by atoms with Crippen molar-refractivity contribution in [2.75, 3.05) is 19.7 Å². The van der Waals surface area contributed by atoms with Gasteiger partial charge in [-0.15, -0.1) is 0 Å². The SMILES string of the molecule is O=C(c1ccccc1F)N1CCC2(CC1)Oc1ccc(Cl)cc1[C@H]1OCCC[C@@H]12. The van der Waals surface area contributed by atoms with Crippen molar-refractivity contribution in [3.05, 3.63) is 64.4 Å². The Balaban J connectivity index is 1.40. The summed E-state index contributed by atoms with van der Waals surface area (Å²) in [5, 5.41) is 0.682. The van der Waals surface area contributed by atoms with Crippen LogP contribution in [0.25, 0.3) is 0 Å². The second-order valence-corrected chi connectivity index (χ2v) is 8.60. The first-order valence-corrected chi connectivity index (χ1v) is 10.6. The van der Waals surface area contributed by atoms with Gasteiger partial charge in [0.15, 0.2) is 0 Å². The van der Waals surface area contributed by atoms with Crippen LogP contribution in [0.3, 0.4) is 0 Å². The average molecular weight is 416 g/mol. The molecule has 5 rings (SSSR count). The average Bonchev–Trinajstić information content (AvgIpc) is 2.75. The first-order chi connectivity index (χ1) is 14.1. The number of carbonyl (C=O) groups is 1. The van der Waals surface area contributed by atoms with E-state index in [4.69, 9.17) is 21.1 Å². The molecule has 0 bridgehead atoms. The van der Waals surface area contributed by atoms with Crippen LogP contribution in [0.15, 0.2) is 42.5 Å². The molecule has 0 unspecified atom stereocenters. The Bertz CT molecular complexity index is 941. The molecule has 2 atom stereocenters. The first-order valence-electron chi connectivity index (χ1n) is 10.2. The van der Waals surface area contributed by atoms with Crippen LogP contribution < -0.4 is 4.74 Å². The number of benzene rings is 2. The van der Waals surface area contributed by atoms with Gasteiger partial charge >= 0.3 is 0 Å². The summed E-state index contributed by atoms with van der Waals surface area (Å²) in [6, 6.07) is 11.9. The monoisotopic (exact) mass is 415 g/mol. The normalized spacial score (nSPS) is 25.1. The molecule has 1 spiro atoms. The molecule has 2 aromatic rings. The van der Waals surface area contributed by atoms with Crippen molar-refractivity contribution in [1.82, 2.24) is 4.90 Å². The van der Waals surface area contributed by atoms with E-state index in [9.17, 15) is 9.18 Å². The van der Waals surface area contributed by atoms with Crippen molar-refractivity contribution in [3.63, 3.8) is 0 Å². The molecular weight excluding hydrogens is 393 g/mol. The van der Waals surface area contributed by atoms with E-state index < -0.39 is 5.82 Å². The maximum absolute atomic E-state index is 14.1. The lowest BCUT2D eigenvalue weighted by Crippen LogP contribution is -2.57. The van der Waals surface area contributed by atoms with E-state index in [2.05, 4.69) is 0 Å². The number of hydrogen-bond acceptors (Lipinski definition) is 3. The topological polar surface area (TPSA) is 38.8 Å². The number of ether oxygens (including phenoxy) is 2. The summed E-state index contributed by atoms with van der Waals surface area (Å²) >= 11 is 6.22. The molecule has 0 aromatic heterocycles. The van der Waals surface area contributed by atoms with Crippen LogP contribution in [0, 0.1) is 11.7 Å². The van der Waals surface area contributed by atoms with Gasteiger partial charge in [-0.3, -0.25) is 4.79 Å². The summed E-state index contributed by atoms with van der Waals surface area (Å²) < 4.78 is 26.8. The van der Waals surface area contributed by atoms with Crippen LogP contribution in [0.5, 0.6) is 5.75 Å². The van der Waals surface area contributed by atoms with Gasteiger partial charge in [-0.1, -0.05) is 23.7 Å². The molecule has 1 amide bonds. The fourth-order valence-electron chi connectivity index (χ4n) is 5.12. The third kappa shape index (κ3) is 3.21. The highest BCUT2D eigenvalue weighted by atomic mass is 35.5. The second kappa shape index (κ2) is 7.29. The summed E-state index contributed by atoms with van der Waals surface area (Å²) in [5.74, 6) is 0.329. The molecule has 3 aliphatic heterocycles. The van der Waals surface area contributed by atoms with E-state index in [0.29, 0.717) is 31.0 Å². The number of rotatable bonds is 1. The van der Waals surface area contributed by atoms with Crippen LogP contribution in [-0.2, 0) is 4.74 Å². The maximum atomic E-state index is 14.1. The molecule has 0 aliphatic carbocycles. The standard InChI is InChI=1S/C23H23ClFNO3/c24-15-7-8-20-17(14-15)21-18(5-3-13-28-21)23(29-20)9-11-26(12-10-23)22(27)16-4-1-2-6-19(16)25/h1-2,4,6-8,14,18,21H,3,5,9-13H2/t18-,21+/m0/s1. The molecule has 3 aliphatic rings. The second-order valence-electron chi connectivity index (χ2n) is 8.16. The molecule has 0 radical (unpaired) electrons. The van der Waals surface area contributed by atoms with Crippen LogP contribution in [0.1, 0.15) is 47.7 Å². The highest BCUT2D eigenvalue weighted by Gasteiger charge is 2.52. The third-order valence-corrected chi connectivity index (χ3v) is 6.83. The Morgan fingerprint density at radius 3 is 2.76 bits per heavy atom. The van der Waals surface area contributed by atoms with Crippen LogP contribution in [-0.4, -0.2) is 36.1 Å². The van der Waals surface area contributed by atoms with Crippen LogP contribution >= 0.6 is 11.6 Å². The van der Waals surface area contributed by atoms with Gasteiger partial charge in [-0.25, -0.2) is 4.39 Å². The van der Waals surface area contributed by atoms with Crippen LogP contribution in [0.4, 0.5) is 4.39 Å². The minimum absolute atomic E-state index is 0.0278. The van der Waals surface area contributed by atoms with Crippen molar-refractivity contribution in [1.29, 1.82) is 0 Å². The zero-order valence-corrected chi connectivity index (χ0v) is 16.8. The van der Waals surface area contributed by atoms with Gasteiger partial charge in [0.05, 0.1) is 11.7 Å². The minimum Gasteiger partial charge on any atom is -0.486 e. The Morgan fingerprint density at radius 1 is 1.17 bits per heavy atom. The molecule has 2 saturated heterocycles. The third-order valence-electron chi connectivity index (χ3n) is 6.59. The van der Waals surface area contributed by atoms with Crippen molar-refractivity contribution < 1.29 is 18.7 Å². The Hall–Kier alpha value is -2.11. The zero-order valence-electron chi connectivity index (χ0n) is 16.1. The predicted octanol–water partition coefficient (Wildman–Crippen LogP) is 5.01. The molecule has 152 valence electrons. The smallest absolute Gasteiger partial charge is 0.256 e. The van der Waals surface area contributed by atoms with Crippen molar-refractivity contribution >= 4 is 17.5 Å². The molecule has 4 nitrogen and oxygen atoms in total. The lowest BCUT2D eigenvalue weighted by molar-refractivity contribution is -0.147. The van der Waals surface area contributed by atoms with Gasteiger partial charge in [-0.2, -0.15) is 0 Å². The molecule has 0 N–H and O–H groups in total. The summed E-state index contributed by atoms with van der Waals surface area (Å²) in [6.07, 6.45) is 3.41. The van der Waals surface area contributed by atoms with E-state index >= 15 is 0 Å². The number of nitrogens with zero attached hydrogens (tertiary/aromatic N) is 1. The number of carbonyl (C=O) groups excluding carboxylic acids is 1. The molecule has 2 aromatic carbocycles. The van der Waals surface area contributed by atoms with E-state index in [1.807, 2.05) is 18.2 Å². The van der Waals surface area contributed by atoms with Crippen molar-refractivity contribution in [2.45, 2.75) is 37.4 Å². The quantitative estimate of drug-likeness (QED) is 0.656. The van der Waals surface area contributed by atoms with E-state index in [0.717, 1.165) is 30.8 Å². The maximum Gasteiger partial charge on any atom is 0.256 e. The first kappa shape index (κ1) is 18.9. The van der Waals surface area contributed by atoms with Gasteiger partial charge in [0, 0.05) is 49.0 Å². The van der Waals surface area contributed by atoms with E-state index in [1.54, 1.807) is 23.1 Å². The van der Waals surface area contributed by atoms with E-state index in [-0.39, 0.29) is 29.1 Å². The van der Waals surface area contributed by atoms with Gasteiger partial charge in [-0.05, 0) is 43.2 Å². The predicted molar refractivity (Wildman–Crippen MR) is 108 cm³/mol. The van der Waals surface area contributed by atoms with Crippen molar-refractivity contribution in [3.8, 4) is 5.75 Å². The van der Waals surface area contributed by atoms with E-state index in [1.165, 1.54) is 6.07 Å². The summed E-state index contributed by atoms with van der Waals surface area (Å²) in [4.78, 5) is 14.6. The van der Waals surface area contributed by atoms with Gasteiger partial charge in [0.25, 0.3) is 5.91 Å². The largest absolute Gasteiger partial charge is 0.486 e. The number of hydrogen-bond donors (Lipinski definition) is 0. The minimum atomic E-state index is -0.474. The fourth-order valence-corrected chi connectivity index (χ4v) is 5.30. The molecule has 6 heteroatoms. The summed E-state index contributed by atoms with van der Waals surface area (Å²) in [6.45, 7) is 1.82. The van der Waals surface area contributed by atoms with Gasteiger partial charge < -0.3 is 14.4 Å². The molecule has 2 fully saturated rings. The number of piperidine rings is 1. The van der Waals surface area contributed by atoms with Gasteiger partial charge in [0.1, 0.15) is 17.2 Å². The Kier molecular flexibility index (Phi) is 4.75. The van der Waals surface area contributed by atoms with Crippen LogP contribution in [0.2, 0.25) is 5.02 Å². The summed E-state index contributed by atoms with van der Waals surface area (Å²) in [5.41, 5.74) is 0.794. The fraction of sp³-hybridized carbons (Fsp3) is 0.435. The lowest BCUT2D eigenvalue weighted by Gasteiger charge is -2.53. The highest BCUT2D eigenvalue weighted by Crippen LogP contribution is 2.53. The summed E-state index contributed by atoms with van der Waals surface area (Å²) in [7, 11) is 0. The molecule has 3 heterocycles. The Morgan fingerprint density at radius 2 is 1.97 bits per heavy atom. The van der Waals surface area contributed by atoms with Gasteiger partial charge in [0.2, 0.25) is 0 Å². The van der Waals surface area contributed by atoms with Crippen molar-refractivity contribution in [2.24, 2.45) is 5.92 Å². The molecule has 0 saturated carbocycles. The number of halogens is 2. The number of amides is 1. The Labute approximate surface area is 174 Å². The number of fused-ring (bicyclic) bond motifs is 4. The highest BCUT2D eigenvalue weighted by molar-refractivity contribution is 6.30. The molecular formula is C23H23ClFNO3. The number of likely N-dealkylation sites (tertiary alicyclic amines) is 1.